The Morgan fingerprint density at radius 2 is 2.14 bits per heavy atom. The van der Waals surface area contributed by atoms with Crippen molar-refractivity contribution < 1.29 is 9.72 Å². The highest BCUT2D eigenvalue weighted by Gasteiger charge is 2.23. The van der Waals surface area contributed by atoms with Gasteiger partial charge in [0.1, 0.15) is 17.9 Å². The van der Waals surface area contributed by atoms with E-state index in [2.05, 4.69) is 10.2 Å². The number of amides is 1. The van der Waals surface area contributed by atoms with E-state index in [1.165, 1.54) is 4.68 Å². The second kappa shape index (κ2) is 5.96. The van der Waals surface area contributed by atoms with E-state index >= 15 is 0 Å². The van der Waals surface area contributed by atoms with E-state index in [1.807, 2.05) is 6.07 Å². The minimum absolute atomic E-state index is 0.0329. The first-order chi connectivity index (χ1) is 10.3. The maximum absolute atomic E-state index is 12.3. The number of carbonyl (C=O) groups is 1. The Morgan fingerprint density at radius 3 is 2.64 bits per heavy atom. The van der Waals surface area contributed by atoms with Gasteiger partial charge in [0, 0.05) is 20.3 Å². The third kappa shape index (κ3) is 2.97. The Morgan fingerprint density at radius 1 is 1.45 bits per heavy atom. The number of aromatic nitrogens is 4. The molecule has 9 nitrogen and oxygen atoms in total. The van der Waals surface area contributed by atoms with Crippen molar-refractivity contribution in [3.05, 3.63) is 39.5 Å². The van der Waals surface area contributed by atoms with Gasteiger partial charge in [-0.2, -0.15) is 10.2 Å². The van der Waals surface area contributed by atoms with Crippen molar-refractivity contribution in [3.63, 3.8) is 0 Å². The molecule has 1 amide bonds. The standard InChI is InChI=1S/C13H18N6O3/c1-9-13(19(21)22)10(2)18(15-9)8-12(20)16(3)7-11-5-6-14-17(11)4/h5-6H,7-8H2,1-4H3. The lowest BCUT2D eigenvalue weighted by Gasteiger charge is -2.17. The smallest absolute Gasteiger partial charge is 0.312 e. The molecular weight excluding hydrogens is 288 g/mol. The van der Waals surface area contributed by atoms with E-state index < -0.39 is 4.92 Å². The van der Waals surface area contributed by atoms with Gasteiger partial charge in [0.15, 0.2) is 0 Å². The van der Waals surface area contributed by atoms with Gasteiger partial charge < -0.3 is 4.90 Å². The third-order valence-corrected chi connectivity index (χ3v) is 3.56. The van der Waals surface area contributed by atoms with E-state index in [1.54, 1.807) is 43.7 Å². The fraction of sp³-hybridized carbons (Fsp3) is 0.462. The number of hydrogen-bond acceptors (Lipinski definition) is 5. The molecule has 0 N–H and O–H groups in total. The van der Waals surface area contributed by atoms with Gasteiger partial charge in [0.2, 0.25) is 5.91 Å². The van der Waals surface area contributed by atoms with Gasteiger partial charge in [-0.1, -0.05) is 0 Å². The van der Waals surface area contributed by atoms with Gasteiger partial charge >= 0.3 is 5.69 Å². The van der Waals surface area contributed by atoms with Gasteiger partial charge in [-0.15, -0.1) is 0 Å². The zero-order valence-corrected chi connectivity index (χ0v) is 13.0. The lowest BCUT2D eigenvalue weighted by Crippen LogP contribution is -2.31. The predicted molar refractivity (Wildman–Crippen MR) is 78.0 cm³/mol. The van der Waals surface area contributed by atoms with Crippen molar-refractivity contribution in [3.8, 4) is 0 Å². The van der Waals surface area contributed by atoms with E-state index in [4.69, 9.17) is 0 Å². The molecule has 0 bridgehead atoms. The molecule has 2 aromatic rings. The Balaban J connectivity index is 2.10. The molecule has 0 fully saturated rings. The molecule has 9 heteroatoms. The first-order valence-electron chi connectivity index (χ1n) is 6.70. The highest BCUT2D eigenvalue weighted by molar-refractivity contribution is 5.75. The summed E-state index contributed by atoms with van der Waals surface area (Å²) < 4.78 is 3.06. The topological polar surface area (TPSA) is 99.1 Å². The second-order valence-corrected chi connectivity index (χ2v) is 5.13. The fourth-order valence-electron chi connectivity index (χ4n) is 2.24. The summed E-state index contributed by atoms with van der Waals surface area (Å²) in [6, 6.07) is 1.83. The highest BCUT2D eigenvalue weighted by atomic mass is 16.6. The third-order valence-electron chi connectivity index (χ3n) is 3.56. The zero-order valence-electron chi connectivity index (χ0n) is 13.0. The van der Waals surface area contributed by atoms with Gasteiger partial charge in [-0.25, -0.2) is 0 Å². The summed E-state index contributed by atoms with van der Waals surface area (Å²) in [5.41, 5.74) is 1.55. The van der Waals surface area contributed by atoms with E-state index in [-0.39, 0.29) is 18.1 Å². The maximum Gasteiger partial charge on any atom is 0.312 e. The molecule has 0 unspecified atom stereocenters. The van der Waals surface area contributed by atoms with Crippen LogP contribution in [0.4, 0.5) is 5.69 Å². The molecule has 0 atom stereocenters. The number of rotatable bonds is 5. The first-order valence-corrected chi connectivity index (χ1v) is 6.70. The average Bonchev–Trinajstić information content (AvgIpc) is 2.94. The fourth-order valence-corrected chi connectivity index (χ4v) is 2.24. The van der Waals surface area contributed by atoms with E-state index in [9.17, 15) is 14.9 Å². The van der Waals surface area contributed by atoms with Gasteiger partial charge in [0.25, 0.3) is 0 Å². The molecule has 2 rings (SSSR count). The van der Waals surface area contributed by atoms with Crippen molar-refractivity contribution in [1.82, 2.24) is 24.5 Å². The first kappa shape index (κ1) is 15.7. The molecule has 0 aliphatic rings. The van der Waals surface area contributed by atoms with Crippen LogP contribution in [0.25, 0.3) is 0 Å². The molecule has 2 heterocycles. The number of nitrogens with zero attached hydrogens (tertiary/aromatic N) is 6. The van der Waals surface area contributed by atoms with Gasteiger partial charge in [0.05, 0.1) is 17.2 Å². The predicted octanol–water partition coefficient (Wildman–Crippen LogP) is 0.800. The van der Waals surface area contributed by atoms with Crippen LogP contribution in [0.3, 0.4) is 0 Å². The minimum atomic E-state index is -0.474. The summed E-state index contributed by atoms with van der Waals surface area (Å²) in [7, 11) is 3.48. The molecule has 0 aliphatic heterocycles. The number of likely N-dealkylation sites (N-methyl/N-ethyl adjacent to an activating group) is 1. The number of carbonyl (C=O) groups excluding carboxylic acids is 1. The summed E-state index contributed by atoms with van der Waals surface area (Å²) in [5.74, 6) is -0.179. The normalized spacial score (nSPS) is 10.7. The lowest BCUT2D eigenvalue weighted by molar-refractivity contribution is -0.386. The SMILES string of the molecule is Cc1nn(CC(=O)N(C)Cc2ccnn2C)c(C)c1[N+](=O)[O-]. The van der Waals surface area contributed by atoms with Gasteiger partial charge in [-0.05, 0) is 19.9 Å². The summed E-state index contributed by atoms with van der Waals surface area (Å²) in [6.07, 6.45) is 1.66. The van der Waals surface area contributed by atoms with Crippen molar-refractivity contribution in [2.24, 2.45) is 7.05 Å². The van der Waals surface area contributed by atoms with Crippen molar-refractivity contribution >= 4 is 11.6 Å². The van der Waals surface area contributed by atoms with Crippen LogP contribution in [-0.2, 0) is 24.9 Å². The van der Waals surface area contributed by atoms with Crippen molar-refractivity contribution in [2.45, 2.75) is 26.9 Å². The molecule has 0 aromatic carbocycles. The summed E-state index contributed by atoms with van der Waals surface area (Å²) in [5, 5.41) is 19.1. The zero-order chi connectivity index (χ0) is 16.4. The van der Waals surface area contributed by atoms with E-state index in [0.29, 0.717) is 17.9 Å². The maximum atomic E-state index is 12.3. The van der Waals surface area contributed by atoms with Crippen LogP contribution in [0, 0.1) is 24.0 Å². The van der Waals surface area contributed by atoms with Crippen LogP contribution < -0.4 is 0 Å². The number of aryl methyl sites for hydroxylation is 2. The van der Waals surface area contributed by atoms with Crippen LogP contribution in [0.2, 0.25) is 0 Å². The molecule has 0 saturated carbocycles. The number of hydrogen-bond donors (Lipinski definition) is 0. The van der Waals surface area contributed by atoms with Crippen molar-refractivity contribution in [1.29, 1.82) is 0 Å². The largest absolute Gasteiger partial charge is 0.338 e. The minimum Gasteiger partial charge on any atom is -0.338 e. The molecule has 0 saturated heterocycles. The molecule has 0 radical (unpaired) electrons. The van der Waals surface area contributed by atoms with Crippen LogP contribution in [-0.4, -0.2) is 42.3 Å². The Hall–Kier alpha value is -2.71. The Bertz CT molecular complexity index is 717. The van der Waals surface area contributed by atoms with Gasteiger partial charge in [-0.3, -0.25) is 24.3 Å². The average molecular weight is 306 g/mol. The Labute approximate surface area is 127 Å². The molecule has 0 spiro atoms. The quantitative estimate of drug-likeness (QED) is 0.601. The second-order valence-electron chi connectivity index (χ2n) is 5.13. The number of nitro groups is 1. The van der Waals surface area contributed by atoms with Crippen LogP contribution >= 0.6 is 0 Å². The molecular formula is C13H18N6O3. The molecule has 118 valence electrons. The van der Waals surface area contributed by atoms with Crippen molar-refractivity contribution in [2.75, 3.05) is 7.05 Å². The monoisotopic (exact) mass is 306 g/mol. The van der Waals surface area contributed by atoms with Crippen LogP contribution in [0.5, 0.6) is 0 Å². The molecule has 2 aromatic heterocycles. The summed E-state index contributed by atoms with van der Waals surface area (Å²) in [4.78, 5) is 24.3. The molecule has 22 heavy (non-hydrogen) atoms. The summed E-state index contributed by atoms with van der Waals surface area (Å²) >= 11 is 0. The lowest BCUT2D eigenvalue weighted by atomic mass is 10.3. The highest BCUT2D eigenvalue weighted by Crippen LogP contribution is 2.21. The van der Waals surface area contributed by atoms with E-state index in [0.717, 1.165) is 5.69 Å². The Kier molecular flexibility index (Phi) is 4.25. The van der Waals surface area contributed by atoms with Crippen LogP contribution in [0.15, 0.2) is 12.3 Å². The summed E-state index contributed by atoms with van der Waals surface area (Å²) in [6.45, 7) is 3.53. The van der Waals surface area contributed by atoms with Crippen LogP contribution in [0.1, 0.15) is 17.1 Å². The molecule has 0 aliphatic carbocycles.